The maximum absolute atomic E-state index is 12.0. The van der Waals surface area contributed by atoms with Gasteiger partial charge in [0.2, 0.25) is 0 Å². The summed E-state index contributed by atoms with van der Waals surface area (Å²) < 4.78 is 5.23. The van der Waals surface area contributed by atoms with E-state index in [0.717, 1.165) is 24.3 Å². The predicted molar refractivity (Wildman–Crippen MR) is 67.3 cm³/mol. The van der Waals surface area contributed by atoms with Crippen molar-refractivity contribution in [3.05, 3.63) is 29.8 Å². The second-order valence-corrected chi connectivity index (χ2v) is 4.41. The number of amides is 2. The van der Waals surface area contributed by atoms with Crippen molar-refractivity contribution in [2.45, 2.75) is 19.4 Å². The van der Waals surface area contributed by atoms with Crippen molar-refractivity contribution < 1.29 is 9.53 Å². The monoisotopic (exact) mass is 234 g/mol. The molecule has 1 aromatic rings. The van der Waals surface area contributed by atoms with Crippen LogP contribution in [0.15, 0.2) is 24.3 Å². The van der Waals surface area contributed by atoms with Crippen molar-refractivity contribution in [2.24, 2.45) is 0 Å². The van der Waals surface area contributed by atoms with E-state index in [4.69, 9.17) is 4.74 Å². The molecule has 4 nitrogen and oxygen atoms in total. The molecule has 1 atom stereocenters. The molecule has 0 radical (unpaired) electrons. The van der Waals surface area contributed by atoms with Crippen LogP contribution in [0.25, 0.3) is 0 Å². The summed E-state index contributed by atoms with van der Waals surface area (Å²) in [7, 11) is 1.78. The molecule has 1 aromatic carbocycles. The van der Waals surface area contributed by atoms with Crippen molar-refractivity contribution in [3.8, 4) is 0 Å². The molecular formula is C13H18N2O2. The molecule has 0 aliphatic carbocycles. The Kier molecular flexibility index (Phi) is 3.64. The summed E-state index contributed by atoms with van der Waals surface area (Å²) >= 11 is 0. The largest absolute Gasteiger partial charge is 0.379 e. The first-order chi connectivity index (χ1) is 8.16. The minimum atomic E-state index is -0.0777. The highest BCUT2D eigenvalue weighted by Crippen LogP contribution is 2.14. The third-order valence-corrected chi connectivity index (χ3v) is 2.95. The lowest BCUT2D eigenvalue weighted by Gasteiger charge is -2.20. The Morgan fingerprint density at radius 3 is 3.00 bits per heavy atom. The van der Waals surface area contributed by atoms with Gasteiger partial charge in [-0.1, -0.05) is 12.1 Å². The Bertz CT molecular complexity index is 400. The number of carbonyl (C=O) groups excluding carboxylic acids is 1. The Balaban J connectivity index is 1.98. The van der Waals surface area contributed by atoms with E-state index in [9.17, 15) is 4.79 Å². The van der Waals surface area contributed by atoms with Crippen LogP contribution in [0.2, 0.25) is 0 Å². The van der Waals surface area contributed by atoms with E-state index in [1.165, 1.54) is 0 Å². The van der Waals surface area contributed by atoms with E-state index in [-0.39, 0.29) is 12.1 Å². The lowest BCUT2D eigenvalue weighted by Crippen LogP contribution is -2.43. The van der Waals surface area contributed by atoms with Crippen LogP contribution >= 0.6 is 0 Å². The Hall–Kier alpha value is -1.55. The molecule has 1 N–H and O–H groups in total. The minimum absolute atomic E-state index is 0.0777. The molecule has 1 heterocycles. The van der Waals surface area contributed by atoms with Gasteiger partial charge < -0.3 is 10.1 Å². The number of hydrogen-bond donors (Lipinski definition) is 1. The van der Waals surface area contributed by atoms with Crippen LogP contribution in [0, 0.1) is 6.92 Å². The summed E-state index contributed by atoms with van der Waals surface area (Å²) in [5.41, 5.74) is 2.05. The van der Waals surface area contributed by atoms with Gasteiger partial charge in [0.25, 0.3) is 0 Å². The number of anilines is 1. The number of benzene rings is 1. The topological polar surface area (TPSA) is 41.6 Å². The number of nitrogens with one attached hydrogen (secondary N) is 1. The zero-order valence-electron chi connectivity index (χ0n) is 10.3. The van der Waals surface area contributed by atoms with Crippen molar-refractivity contribution in [1.82, 2.24) is 5.32 Å². The molecule has 4 heteroatoms. The molecule has 17 heavy (non-hydrogen) atoms. The molecule has 1 unspecified atom stereocenters. The highest BCUT2D eigenvalue weighted by molar-refractivity contribution is 5.91. The van der Waals surface area contributed by atoms with Gasteiger partial charge in [0, 0.05) is 19.3 Å². The number of nitrogens with zero attached hydrogens (tertiary/aromatic N) is 1. The lowest BCUT2D eigenvalue weighted by molar-refractivity contribution is 0.189. The normalized spacial score (nSPS) is 19.1. The van der Waals surface area contributed by atoms with Crippen molar-refractivity contribution in [3.63, 3.8) is 0 Å². The fourth-order valence-corrected chi connectivity index (χ4v) is 1.87. The molecule has 1 fully saturated rings. The van der Waals surface area contributed by atoms with Crippen LogP contribution in [-0.4, -0.2) is 32.3 Å². The van der Waals surface area contributed by atoms with Gasteiger partial charge in [-0.25, -0.2) is 4.79 Å². The van der Waals surface area contributed by atoms with Crippen LogP contribution in [0.5, 0.6) is 0 Å². The van der Waals surface area contributed by atoms with Gasteiger partial charge in [-0.3, -0.25) is 4.90 Å². The molecule has 1 saturated heterocycles. The third kappa shape index (κ3) is 2.97. The Morgan fingerprint density at radius 2 is 2.35 bits per heavy atom. The van der Waals surface area contributed by atoms with E-state index in [0.29, 0.717) is 6.61 Å². The quantitative estimate of drug-likeness (QED) is 0.849. The maximum Gasteiger partial charge on any atom is 0.321 e. The highest BCUT2D eigenvalue weighted by Gasteiger charge is 2.20. The number of hydrogen-bond acceptors (Lipinski definition) is 2. The first-order valence-electron chi connectivity index (χ1n) is 5.85. The standard InChI is InChI=1S/C13H18N2O2/c1-10-4-3-5-12(8-10)15(2)13(16)14-11-6-7-17-9-11/h3-5,8,11H,6-7,9H2,1-2H3,(H,14,16). The fraction of sp³-hybridized carbons (Fsp3) is 0.462. The van der Waals surface area contributed by atoms with Crippen LogP contribution in [0.3, 0.4) is 0 Å². The minimum Gasteiger partial charge on any atom is -0.379 e. The van der Waals surface area contributed by atoms with Crippen molar-refractivity contribution >= 4 is 11.7 Å². The molecule has 0 bridgehead atoms. The summed E-state index contributed by atoms with van der Waals surface area (Å²) in [6, 6.07) is 7.95. The molecule has 0 saturated carbocycles. The molecule has 2 rings (SSSR count). The molecule has 92 valence electrons. The second kappa shape index (κ2) is 5.19. The summed E-state index contributed by atoms with van der Waals surface area (Å²) in [5.74, 6) is 0. The number of ether oxygens (including phenoxy) is 1. The van der Waals surface area contributed by atoms with Gasteiger partial charge >= 0.3 is 6.03 Å². The second-order valence-electron chi connectivity index (χ2n) is 4.41. The third-order valence-electron chi connectivity index (χ3n) is 2.95. The summed E-state index contributed by atoms with van der Waals surface area (Å²) in [6.07, 6.45) is 0.896. The molecule has 1 aliphatic rings. The molecule has 0 spiro atoms. The number of carbonyl (C=O) groups is 1. The van der Waals surface area contributed by atoms with Gasteiger partial charge in [-0.15, -0.1) is 0 Å². The van der Waals surface area contributed by atoms with E-state index < -0.39 is 0 Å². The van der Waals surface area contributed by atoms with E-state index in [1.54, 1.807) is 11.9 Å². The average molecular weight is 234 g/mol. The highest BCUT2D eigenvalue weighted by atomic mass is 16.5. The van der Waals surface area contributed by atoms with Gasteiger partial charge in [0.1, 0.15) is 0 Å². The van der Waals surface area contributed by atoms with Crippen LogP contribution in [0.1, 0.15) is 12.0 Å². The smallest absolute Gasteiger partial charge is 0.321 e. The molecule has 1 aliphatic heterocycles. The zero-order chi connectivity index (χ0) is 12.3. The van der Waals surface area contributed by atoms with E-state index in [1.807, 2.05) is 31.2 Å². The number of rotatable bonds is 2. The Morgan fingerprint density at radius 1 is 1.53 bits per heavy atom. The average Bonchev–Trinajstić information content (AvgIpc) is 2.80. The molecule has 0 aromatic heterocycles. The summed E-state index contributed by atoms with van der Waals surface area (Å²) in [4.78, 5) is 13.6. The SMILES string of the molecule is Cc1cccc(N(C)C(=O)NC2CCOC2)c1. The number of urea groups is 1. The Labute approximate surface area is 102 Å². The van der Waals surface area contributed by atoms with E-state index in [2.05, 4.69) is 5.32 Å². The van der Waals surface area contributed by atoms with E-state index >= 15 is 0 Å². The first-order valence-corrected chi connectivity index (χ1v) is 5.85. The van der Waals surface area contributed by atoms with Crippen LogP contribution in [-0.2, 0) is 4.74 Å². The predicted octanol–water partition coefficient (Wildman–Crippen LogP) is 1.93. The van der Waals surface area contributed by atoms with Gasteiger partial charge in [-0.2, -0.15) is 0 Å². The van der Waals surface area contributed by atoms with Gasteiger partial charge in [-0.05, 0) is 31.0 Å². The van der Waals surface area contributed by atoms with Crippen LogP contribution in [0.4, 0.5) is 10.5 Å². The van der Waals surface area contributed by atoms with Gasteiger partial charge in [0.05, 0.1) is 12.6 Å². The maximum atomic E-state index is 12.0. The molecule has 2 amide bonds. The fourth-order valence-electron chi connectivity index (χ4n) is 1.87. The summed E-state index contributed by atoms with van der Waals surface area (Å²) in [5, 5.41) is 2.96. The lowest BCUT2D eigenvalue weighted by atomic mass is 10.2. The first kappa shape index (κ1) is 11.9. The van der Waals surface area contributed by atoms with Crippen molar-refractivity contribution in [1.29, 1.82) is 0 Å². The van der Waals surface area contributed by atoms with Gasteiger partial charge in [0.15, 0.2) is 0 Å². The zero-order valence-corrected chi connectivity index (χ0v) is 10.3. The number of aryl methyl sites for hydroxylation is 1. The van der Waals surface area contributed by atoms with Crippen molar-refractivity contribution in [2.75, 3.05) is 25.2 Å². The van der Waals surface area contributed by atoms with Crippen LogP contribution < -0.4 is 10.2 Å². The molecular weight excluding hydrogens is 216 g/mol. The summed E-state index contributed by atoms with van der Waals surface area (Å²) in [6.45, 7) is 3.37.